The van der Waals surface area contributed by atoms with Crippen LogP contribution in [0.15, 0.2) is 36.9 Å². The molecule has 0 saturated carbocycles. The quantitative estimate of drug-likeness (QED) is 0.540. The lowest BCUT2D eigenvalue weighted by Crippen LogP contribution is -2.19. The number of hydrogen-bond acceptors (Lipinski definition) is 2. The average Bonchev–Trinajstić information content (AvgIpc) is 2.30. The van der Waals surface area contributed by atoms with Crippen molar-refractivity contribution in [2.45, 2.75) is 13.0 Å². The molecule has 2 nitrogen and oxygen atoms in total. The van der Waals surface area contributed by atoms with Crippen LogP contribution in [0.1, 0.15) is 12.0 Å². The lowest BCUT2D eigenvalue weighted by Gasteiger charge is -2.05. The minimum atomic E-state index is -0.198. The molecule has 0 amide bonds. The van der Waals surface area contributed by atoms with Crippen LogP contribution in [0, 0.1) is 5.82 Å². The minimum Gasteiger partial charge on any atom is -0.380 e. The van der Waals surface area contributed by atoms with E-state index in [1.807, 2.05) is 6.08 Å². The normalized spacial score (nSPS) is 10.3. The van der Waals surface area contributed by atoms with Crippen molar-refractivity contribution in [3.8, 4) is 0 Å². The van der Waals surface area contributed by atoms with Gasteiger partial charge < -0.3 is 10.1 Å². The van der Waals surface area contributed by atoms with E-state index in [-0.39, 0.29) is 5.82 Å². The molecule has 1 aromatic rings. The molecule has 0 fully saturated rings. The van der Waals surface area contributed by atoms with Crippen molar-refractivity contribution in [2.24, 2.45) is 0 Å². The van der Waals surface area contributed by atoms with Crippen LogP contribution in [0.5, 0.6) is 0 Å². The van der Waals surface area contributed by atoms with Crippen LogP contribution in [0.3, 0.4) is 0 Å². The number of rotatable bonds is 8. The number of nitrogens with one attached hydrogen (secondary N) is 1. The van der Waals surface area contributed by atoms with E-state index in [0.717, 1.165) is 31.7 Å². The Kier molecular flexibility index (Phi) is 6.45. The highest BCUT2D eigenvalue weighted by atomic mass is 19.1. The van der Waals surface area contributed by atoms with Gasteiger partial charge in [-0.3, -0.25) is 0 Å². The lowest BCUT2D eigenvalue weighted by molar-refractivity contribution is 0.140. The van der Waals surface area contributed by atoms with Gasteiger partial charge in [0.05, 0.1) is 13.2 Å². The molecule has 1 rings (SSSR count). The molecular formula is C13H18FNO. The Hall–Kier alpha value is -1.19. The van der Waals surface area contributed by atoms with Gasteiger partial charge in [0, 0.05) is 13.1 Å². The smallest absolute Gasteiger partial charge is 0.123 e. The van der Waals surface area contributed by atoms with Gasteiger partial charge in [0.2, 0.25) is 0 Å². The second kappa shape index (κ2) is 8.02. The predicted molar refractivity (Wildman–Crippen MR) is 63.7 cm³/mol. The fourth-order valence-corrected chi connectivity index (χ4v) is 1.25. The zero-order valence-corrected chi connectivity index (χ0v) is 9.42. The third-order valence-corrected chi connectivity index (χ3v) is 2.13. The number of hydrogen-bond donors (Lipinski definition) is 1. The summed E-state index contributed by atoms with van der Waals surface area (Å²) in [5.74, 6) is -0.198. The standard InChI is InChI=1S/C13H18FNO/c1-2-3-9-16-10-8-15-11-12-4-6-13(14)7-5-12/h2,4-7,15H,1,3,8-11H2. The zero-order chi connectivity index (χ0) is 11.6. The van der Waals surface area contributed by atoms with E-state index in [1.165, 1.54) is 12.1 Å². The molecule has 0 bridgehead atoms. The fourth-order valence-electron chi connectivity index (χ4n) is 1.25. The largest absolute Gasteiger partial charge is 0.380 e. The molecule has 0 aliphatic carbocycles. The Labute approximate surface area is 96.1 Å². The summed E-state index contributed by atoms with van der Waals surface area (Å²) < 4.78 is 17.9. The summed E-state index contributed by atoms with van der Waals surface area (Å²) in [6.45, 7) is 6.57. The lowest BCUT2D eigenvalue weighted by atomic mass is 10.2. The third-order valence-electron chi connectivity index (χ3n) is 2.13. The summed E-state index contributed by atoms with van der Waals surface area (Å²) >= 11 is 0. The van der Waals surface area contributed by atoms with Crippen molar-refractivity contribution in [1.29, 1.82) is 0 Å². The fraction of sp³-hybridized carbons (Fsp3) is 0.385. The summed E-state index contributed by atoms with van der Waals surface area (Å²) in [5.41, 5.74) is 1.08. The molecule has 0 heterocycles. The van der Waals surface area contributed by atoms with E-state index in [4.69, 9.17) is 4.74 Å². The topological polar surface area (TPSA) is 21.3 Å². The van der Waals surface area contributed by atoms with E-state index >= 15 is 0 Å². The van der Waals surface area contributed by atoms with Gasteiger partial charge in [0.15, 0.2) is 0 Å². The Balaban J connectivity index is 2.02. The van der Waals surface area contributed by atoms with E-state index in [0.29, 0.717) is 6.61 Å². The Morgan fingerprint density at radius 1 is 1.25 bits per heavy atom. The molecule has 0 saturated heterocycles. The van der Waals surface area contributed by atoms with Crippen molar-refractivity contribution < 1.29 is 9.13 Å². The monoisotopic (exact) mass is 223 g/mol. The molecule has 0 unspecified atom stereocenters. The van der Waals surface area contributed by atoms with Crippen molar-refractivity contribution in [3.05, 3.63) is 48.3 Å². The summed E-state index contributed by atoms with van der Waals surface area (Å²) in [4.78, 5) is 0. The van der Waals surface area contributed by atoms with Crippen molar-refractivity contribution in [3.63, 3.8) is 0 Å². The van der Waals surface area contributed by atoms with E-state index in [2.05, 4.69) is 11.9 Å². The summed E-state index contributed by atoms with van der Waals surface area (Å²) in [5, 5.41) is 3.22. The first-order valence-corrected chi connectivity index (χ1v) is 5.46. The second-order valence-electron chi connectivity index (χ2n) is 3.49. The molecule has 0 atom stereocenters. The molecule has 1 aromatic carbocycles. The van der Waals surface area contributed by atoms with Gasteiger partial charge in [-0.25, -0.2) is 4.39 Å². The van der Waals surface area contributed by atoms with Gasteiger partial charge in [-0.15, -0.1) is 6.58 Å². The molecule has 0 aromatic heterocycles. The number of halogens is 1. The molecule has 16 heavy (non-hydrogen) atoms. The maximum absolute atomic E-state index is 12.6. The van der Waals surface area contributed by atoms with Gasteiger partial charge in [-0.1, -0.05) is 18.2 Å². The van der Waals surface area contributed by atoms with Crippen LogP contribution in [0.25, 0.3) is 0 Å². The minimum absolute atomic E-state index is 0.198. The number of benzene rings is 1. The summed E-state index contributed by atoms with van der Waals surface area (Å²) in [7, 11) is 0. The van der Waals surface area contributed by atoms with Gasteiger partial charge >= 0.3 is 0 Å². The SMILES string of the molecule is C=CCCOCCNCc1ccc(F)cc1. The maximum Gasteiger partial charge on any atom is 0.123 e. The zero-order valence-electron chi connectivity index (χ0n) is 9.42. The first-order chi connectivity index (χ1) is 7.83. The highest BCUT2D eigenvalue weighted by Crippen LogP contribution is 2.01. The first kappa shape index (κ1) is 12.9. The van der Waals surface area contributed by atoms with E-state index in [9.17, 15) is 4.39 Å². The first-order valence-electron chi connectivity index (χ1n) is 5.46. The summed E-state index contributed by atoms with van der Waals surface area (Å²) in [6, 6.07) is 6.50. The number of ether oxygens (including phenoxy) is 1. The van der Waals surface area contributed by atoms with Crippen LogP contribution in [-0.2, 0) is 11.3 Å². The van der Waals surface area contributed by atoms with Gasteiger partial charge in [0.25, 0.3) is 0 Å². The van der Waals surface area contributed by atoms with Crippen LogP contribution in [-0.4, -0.2) is 19.8 Å². The summed E-state index contributed by atoms with van der Waals surface area (Å²) in [6.07, 6.45) is 2.73. The van der Waals surface area contributed by atoms with Crippen molar-refractivity contribution in [1.82, 2.24) is 5.32 Å². The van der Waals surface area contributed by atoms with Crippen molar-refractivity contribution in [2.75, 3.05) is 19.8 Å². The highest BCUT2D eigenvalue weighted by Gasteiger charge is 1.93. The molecule has 0 aliphatic heterocycles. The molecule has 1 N–H and O–H groups in total. The van der Waals surface area contributed by atoms with Crippen molar-refractivity contribution >= 4 is 0 Å². The third kappa shape index (κ3) is 5.63. The maximum atomic E-state index is 12.6. The predicted octanol–water partition coefficient (Wildman–Crippen LogP) is 2.51. The molecule has 0 aliphatic rings. The van der Waals surface area contributed by atoms with Gasteiger partial charge in [0.1, 0.15) is 5.82 Å². The van der Waals surface area contributed by atoms with Gasteiger partial charge in [-0.2, -0.15) is 0 Å². The molecule has 0 radical (unpaired) electrons. The second-order valence-corrected chi connectivity index (χ2v) is 3.49. The van der Waals surface area contributed by atoms with E-state index < -0.39 is 0 Å². The molecule has 88 valence electrons. The highest BCUT2D eigenvalue weighted by molar-refractivity contribution is 5.15. The Morgan fingerprint density at radius 2 is 2.00 bits per heavy atom. The molecule has 3 heteroatoms. The van der Waals surface area contributed by atoms with Crippen LogP contribution in [0.4, 0.5) is 4.39 Å². The van der Waals surface area contributed by atoms with Crippen LogP contribution in [0.2, 0.25) is 0 Å². The molecule has 0 spiro atoms. The van der Waals surface area contributed by atoms with Crippen LogP contribution < -0.4 is 5.32 Å². The molecular weight excluding hydrogens is 205 g/mol. The average molecular weight is 223 g/mol. The Bertz CT molecular complexity index is 297. The van der Waals surface area contributed by atoms with E-state index in [1.54, 1.807) is 12.1 Å². The Morgan fingerprint density at radius 3 is 2.69 bits per heavy atom. The van der Waals surface area contributed by atoms with Crippen LogP contribution >= 0.6 is 0 Å². The van der Waals surface area contributed by atoms with Gasteiger partial charge in [-0.05, 0) is 24.1 Å².